The molecular formula is C23H28N6O4. The van der Waals surface area contributed by atoms with Gasteiger partial charge in [0.25, 0.3) is 11.8 Å². The van der Waals surface area contributed by atoms with E-state index in [1.54, 1.807) is 24.3 Å². The Kier molecular flexibility index (Phi) is 7.13. The van der Waals surface area contributed by atoms with E-state index in [0.29, 0.717) is 55.5 Å². The van der Waals surface area contributed by atoms with Gasteiger partial charge in [-0.1, -0.05) is 12.1 Å². The smallest absolute Gasteiger partial charge is 0.261 e. The molecule has 1 aromatic heterocycles. The van der Waals surface area contributed by atoms with E-state index in [4.69, 9.17) is 4.74 Å². The zero-order valence-electron chi connectivity index (χ0n) is 18.7. The Hall–Kier alpha value is -3.53. The summed E-state index contributed by atoms with van der Waals surface area (Å²) in [5.74, 6) is 1.54. The fourth-order valence-electron chi connectivity index (χ4n) is 3.92. The molecule has 174 valence electrons. The molecule has 3 heterocycles. The highest BCUT2D eigenvalue weighted by Gasteiger charge is 2.34. The predicted octanol–water partition coefficient (Wildman–Crippen LogP) is 1.23. The molecular weight excluding hydrogens is 424 g/mol. The van der Waals surface area contributed by atoms with Gasteiger partial charge in [0.1, 0.15) is 17.5 Å². The molecule has 2 aliphatic heterocycles. The Bertz CT molecular complexity index is 1000. The number of carbonyl (C=O) groups is 3. The molecule has 2 aromatic rings. The van der Waals surface area contributed by atoms with Gasteiger partial charge in [0.15, 0.2) is 0 Å². The second-order valence-electron chi connectivity index (χ2n) is 7.95. The van der Waals surface area contributed by atoms with E-state index in [2.05, 4.69) is 25.5 Å². The van der Waals surface area contributed by atoms with Gasteiger partial charge in [-0.15, -0.1) is 0 Å². The van der Waals surface area contributed by atoms with Crippen molar-refractivity contribution in [2.24, 2.45) is 0 Å². The lowest BCUT2D eigenvalue weighted by Crippen LogP contribution is -2.37. The average Bonchev–Trinajstić information content (AvgIpc) is 3.07. The molecule has 1 fully saturated rings. The number of hydrogen-bond donors (Lipinski definition) is 2. The monoisotopic (exact) mass is 452 g/mol. The third kappa shape index (κ3) is 5.46. The van der Waals surface area contributed by atoms with Crippen LogP contribution < -0.4 is 15.5 Å². The number of benzene rings is 1. The SMILES string of the molecule is Cc1nc(NCCNC(=O)CCCN2C(=O)c3ccccc3C2=O)cc(N2CCOCC2)n1. The number of ether oxygens (including phenoxy) is 1. The largest absolute Gasteiger partial charge is 0.378 e. The van der Waals surface area contributed by atoms with Gasteiger partial charge in [-0.25, -0.2) is 9.97 Å². The molecule has 2 aliphatic rings. The third-order valence-corrected chi connectivity index (χ3v) is 5.58. The minimum absolute atomic E-state index is 0.124. The first-order valence-corrected chi connectivity index (χ1v) is 11.2. The summed E-state index contributed by atoms with van der Waals surface area (Å²) in [4.78, 5) is 49.1. The third-order valence-electron chi connectivity index (χ3n) is 5.58. The number of nitrogens with zero attached hydrogens (tertiary/aromatic N) is 4. The molecule has 2 N–H and O–H groups in total. The number of imide groups is 1. The van der Waals surface area contributed by atoms with Crippen LogP contribution in [0, 0.1) is 6.92 Å². The van der Waals surface area contributed by atoms with Crippen LogP contribution in [0.15, 0.2) is 30.3 Å². The summed E-state index contributed by atoms with van der Waals surface area (Å²) in [6.45, 7) is 5.99. The number of amides is 3. The zero-order valence-corrected chi connectivity index (χ0v) is 18.7. The molecule has 3 amide bonds. The number of aromatic nitrogens is 2. The van der Waals surface area contributed by atoms with Gasteiger partial charge in [0, 0.05) is 45.2 Å². The van der Waals surface area contributed by atoms with Gasteiger partial charge in [0.2, 0.25) is 5.91 Å². The number of hydrogen-bond acceptors (Lipinski definition) is 8. The second-order valence-corrected chi connectivity index (χ2v) is 7.95. The van der Waals surface area contributed by atoms with Crippen molar-refractivity contribution in [1.82, 2.24) is 20.2 Å². The van der Waals surface area contributed by atoms with Crippen LogP contribution in [0.2, 0.25) is 0 Å². The van der Waals surface area contributed by atoms with E-state index in [-0.39, 0.29) is 30.7 Å². The van der Waals surface area contributed by atoms with Crippen molar-refractivity contribution < 1.29 is 19.1 Å². The molecule has 10 heteroatoms. The summed E-state index contributed by atoms with van der Waals surface area (Å²) in [7, 11) is 0. The van der Waals surface area contributed by atoms with Gasteiger partial charge in [-0.2, -0.15) is 0 Å². The molecule has 0 unspecified atom stereocenters. The first-order chi connectivity index (χ1) is 16.0. The highest BCUT2D eigenvalue weighted by Crippen LogP contribution is 2.22. The Morgan fingerprint density at radius 3 is 2.45 bits per heavy atom. The van der Waals surface area contributed by atoms with Crippen molar-refractivity contribution in [2.75, 3.05) is 56.2 Å². The number of aryl methyl sites for hydroxylation is 1. The summed E-state index contributed by atoms with van der Waals surface area (Å²) in [6.07, 6.45) is 0.653. The van der Waals surface area contributed by atoms with Gasteiger partial charge >= 0.3 is 0 Å². The first kappa shape index (κ1) is 22.7. The molecule has 0 radical (unpaired) electrons. The lowest BCUT2D eigenvalue weighted by molar-refractivity contribution is -0.121. The van der Waals surface area contributed by atoms with Crippen LogP contribution in [0.5, 0.6) is 0 Å². The average molecular weight is 453 g/mol. The number of rotatable bonds is 9. The van der Waals surface area contributed by atoms with Crippen LogP contribution in [-0.4, -0.2) is 78.5 Å². The fourth-order valence-corrected chi connectivity index (χ4v) is 3.92. The van der Waals surface area contributed by atoms with Crippen molar-refractivity contribution in [3.63, 3.8) is 0 Å². The Morgan fingerprint density at radius 2 is 1.76 bits per heavy atom. The predicted molar refractivity (Wildman–Crippen MR) is 122 cm³/mol. The normalized spacial score (nSPS) is 15.5. The minimum atomic E-state index is -0.295. The quantitative estimate of drug-likeness (QED) is 0.431. The maximum absolute atomic E-state index is 12.4. The van der Waals surface area contributed by atoms with Crippen LogP contribution in [0.4, 0.5) is 11.6 Å². The van der Waals surface area contributed by atoms with Crippen molar-refractivity contribution in [3.8, 4) is 0 Å². The lowest BCUT2D eigenvalue weighted by atomic mass is 10.1. The van der Waals surface area contributed by atoms with Crippen molar-refractivity contribution in [1.29, 1.82) is 0 Å². The Labute approximate surface area is 192 Å². The summed E-state index contributed by atoms with van der Waals surface area (Å²) in [6, 6.07) is 8.68. The summed E-state index contributed by atoms with van der Waals surface area (Å²) < 4.78 is 5.39. The van der Waals surface area contributed by atoms with E-state index in [9.17, 15) is 14.4 Å². The lowest BCUT2D eigenvalue weighted by Gasteiger charge is -2.28. The number of carbonyl (C=O) groups excluding carboxylic acids is 3. The Balaban J connectivity index is 1.17. The first-order valence-electron chi connectivity index (χ1n) is 11.2. The molecule has 1 saturated heterocycles. The molecule has 10 nitrogen and oxygen atoms in total. The molecule has 0 saturated carbocycles. The van der Waals surface area contributed by atoms with Gasteiger partial charge in [0.05, 0.1) is 24.3 Å². The van der Waals surface area contributed by atoms with Crippen LogP contribution in [0.3, 0.4) is 0 Å². The molecule has 0 atom stereocenters. The topological polar surface area (TPSA) is 117 Å². The van der Waals surface area contributed by atoms with Crippen LogP contribution in [0.1, 0.15) is 39.4 Å². The van der Waals surface area contributed by atoms with Crippen molar-refractivity contribution >= 4 is 29.4 Å². The standard InChI is InChI=1S/C23H28N6O4/c1-16-26-19(15-20(27-16)28-11-13-33-14-12-28)24-8-9-25-21(30)7-4-10-29-22(31)17-5-2-3-6-18(17)23(29)32/h2-3,5-6,15H,4,7-14H2,1H3,(H,25,30)(H,24,26,27). The van der Waals surface area contributed by atoms with E-state index in [1.165, 1.54) is 4.90 Å². The number of fused-ring (bicyclic) bond motifs is 1. The van der Waals surface area contributed by atoms with Crippen LogP contribution >= 0.6 is 0 Å². The molecule has 0 spiro atoms. The van der Waals surface area contributed by atoms with E-state index < -0.39 is 0 Å². The molecule has 0 aliphatic carbocycles. The van der Waals surface area contributed by atoms with E-state index in [1.807, 2.05) is 13.0 Å². The summed E-state index contributed by atoms with van der Waals surface area (Å²) >= 11 is 0. The number of nitrogens with one attached hydrogen (secondary N) is 2. The molecule has 33 heavy (non-hydrogen) atoms. The van der Waals surface area contributed by atoms with Gasteiger partial charge < -0.3 is 20.3 Å². The maximum Gasteiger partial charge on any atom is 0.261 e. The van der Waals surface area contributed by atoms with Crippen molar-refractivity contribution in [2.45, 2.75) is 19.8 Å². The van der Waals surface area contributed by atoms with E-state index >= 15 is 0 Å². The molecule has 4 rings (SSSR count). The Morgan fingerprint density at radius 1 is 1.06 bits per heavy atom. The van der Waals surface area contributed by atoms with Crippen LogP contribution in [0.25, 0.3) is 0 Å². The van der Waals surface area contributed by atoms with Crippen molar-refractivity contribution in [3.05, 3.63) is 47.3 Å². The van der Waals surface area contributed by atoms with Gasteiger partial charge in [-0.3, -0.25) is 19.3 Å². The number of morpholine rings is 1. The maximum atomic E-state index is 12.4. The minimum Gasteiger partial charge on any atom is -0.378 e. The highest BCUT2D eigenvalue weighted by atomic mass is 16.5. The number of anilines is 2. The summed E-state index contributed by atoms with van der Waals surface area (Å²) in [5, 5.41) is 6.07. The summed E-state index contributed by atoms with van der Waals surface area (Å²) in [5.41, 5.74) is 0.851. The zero-order chi connectivity index (χ0) is 23.2. The van der Waals surface area contributed by atoms with Gasteiger partial charge in [-0.05, 0) is 25.5 Å². The fraction of sp³-hybridized carbons (Fsp3) is 0.435. The molecule has 0 bridgehead atoms. The highest BCUT2D eigenvalue weighted by molar-refractivity contribution is 6.21. The van der Waals surface area contributed by atoms with E-state index in [0.717, 1.165) is 18.9 Å². The van der Waals surface area contributed by atoms with Crippen LogP contribution in [-0.2, 0) is 9.53 Å². The molecule has 1 aromatic carbocycles. The second kappa shape index (κ2) is 10.4.